The summed E-state index contributed by atoms with van der Waals surface area (Å²) < 4.78 is 22.7. The highest BCUT2D eigenvalue weighted by Gasteiger charge is 2.33. The van der Waals surface area contributed by atoms with Gasteiger partial charge in [0.2, 0.25) is 5.91 Å². The second kappa shape index (κ2) is 6.74. The molecule has 2 amide bonds. The summed E-state index contributed by atoms with van der Waals surface area (Å²) in [6, 6.07) is 0. The molecule has 1 aliphatic rings. The highest BCUT2D eigenvalue weighted by Crippen LogP contribution is 2.20. The fourth-order valence-electron chi connectivity index (χ4n) is 2.26. The molecule has 1 atom stereocenters. The first-order chi connectivity index (χ1) is 10.3. The first-order valence-corrected chi connectivity index (χ1v) is 9.73. The number of aryl methyl sites for hydroxylation is 2. The second-order valence-corrected chi connectivity index (χ2v) is 8.63. The number of thiazole rings is 1. The number of sulfone groups is 1. The van der Waals surface area contributed by atoms with Gasteiger partial charge in [-0.15, -0.1) is 11.3 Å². The number of carbonyl (C=O) groups is 2. The van der Waals surface area contributed by atoms with E-state index >= 15 is 0 Å². The molecule has 22 heavy (non-hydrogen) atoms. The van der Waals surface area contributed by atoms with Crippen molar-refractivity contribution in [1.82, 2.24) is 15.8 Å². The Morgan fingerprint density at radius 1 is 1.36 bits per heavy atom. The van der Waals surface area contributed by atoms with Gasteiger partial charge in [0, 0.05) is 0 Å². The van der Waals surface area contributed by atoms with Crippen LogP contribution in [0.5, 0.6) is 0 Å². The highest BCUT2D eigenvalue weighted by molar-refractivity contribution is 7.91. The molecule has 0 aliphatic carbocycles. The molecule has 1 aliphatic heterocycles. The van der Waals surface area contributed by atoms with Crippen LogP contribution < -0.4 is 10.9 Å². The Labute approximate surface area is 133 Å². The van der Waals surface area contributed by atoms with E-state index in [2.05, 4.69) is 15.8 Å². The zero-order chi connectivity index (χ0) is 16.3. The van der Waals surface area contributed by atoms with Gasteiger partial charge in [0.25, 0.3) is 5.91 Å². The van der Waals surface area contributed by atoms with Gasteiger partial charge in [0.1, 0.15) is 4.88 Å². The summed E-state index contributed by atoms with van der Waals surface area (Å²) in [5, 5.41) is 0.887. The number of hydrogen-bond acceptors (Lipinski definition) is 6. The van der Waals surface area contributed by atoms with Crippen molar-refractivity contribution in [2.75, 3.05) is 11.5 Å². The van der Waals surface area contributed by atoms with Crippen LogP contribution >= 0.6 is 11.3 Å². The fraction of sp³-hybridized carbons (Fsp3) is 0.615. The Kier molecular flexibility index (Phi) is 5.17. The number of amides is 2. The van der Waals surface area contributed by atoms with Crippen molar-refractivity contribution in [2.45, 2.75) is 33.1 Å². The Morgan fingerprint density at radius 2 is 2.09 bits per heavy atom. The van der Waals surface area contributed by atoms with E-state index in [1.807, 2.05) is 6.92 Å². The molecule has 0 saturated carbocycles. The second-order valence-electron chi connectivity index (χ2n) is 5.32. The highest BCUT2D eigenvalue weighted by atomic mass is 32.2. The molecule has 1 fully saturated rings. The molecule has 1 aromatic rings. The van der Waals surface area contributed by atoms with Crippen molar-refractivity contribution in [3.8, 4) is 0 Å². The normalized spacial score (nSPS) is 19.8. The Bertz CT molecular complexity index is 681. The minimum absolute atomic E-state index is 0.0212. The minimum atomic E-state index is -3.12. The van der Waals surface area contributed by atoms with Gasteiger partial charge in [-0.25, -0.2) is 13.4 Å². The number of nitrogens with one attached hydrogen (secondary N) is 2. The third kappa shape index (κ3) is 4.04. The number of hydrazine groups is 1. The maximum atomic E-state index is 12.1. The third-order valence-corrected chi connectivity index (χ3v) is 6.40. The van der Waals surface area contributed by atoms with Gasteiger partial charge in [-0.1, -0.05) is 6.92 Å². The van der Waals surface area contributed by atoms with Crippen molar-refractivity contribution in [3.63, 3.8) is 0 Å². The summed E-state index contributed by atoms with van der Waals surface area (Å²) in [5.74, 6) is -1.62. The van der Waals surface area contributed by atoms with Crippen LogP contribution in [0.2, 0.25) is 0 Å². The number of aromatic nitrogens is 1. The third-order valence-electron chi connectivity index (χ3n) is 3.41. The lowest BCUT2D eigenvalue weighted by atomic mass is 10.1. The van der Waals surface area contributed by atoms with Crippen molar-refractivity contribution in [1.29, 1.82) is 0 Å². The van der Waals surface area contributed by atoms with Gasteiger partial charge in [-0.2, -0.15) is 0 Å². The largest absolute Gasteiger partial charge is 0.281 e. The topological polar surface area (TPSA) is 105 Å². The lowest BCUT2D eigenvalue weighted by Gasteiger charge is -2.10. The van der Waals surface area contributed by atoms with Crippen LogP contribution in [0.1, 0.15) is 40.1 Å². The molecular formula is C13H19N3O4S2. The zero-order valence-electron chi connectivity index (χ0n) is 12.5. The summed E-state index contributed by atoms with van der Waals surface area (Å²) >= 11 is 1.31. The van der Waals surface area contributed by atoms with Gasteiger partial charge in [-0.3, -0.25) is 20.4 Å². The van der Waals surface area contributed by atoms with E-state index in [0.717, 1.165) is 17.8 Å². The van der Waals surface area contributed by atoms with Crippen LogP contribution in [0, 0.1) is 12.8 Å². The lowest BCUT2D eigenvalue weighted by Crippen LogP contribution is -2.44. The van der Waals surface area contributed by atoms with Crippen LogP contribution in [-0.2, 0) is 21.1 Å². The van der Waals surface area contributed by atoms with E-state index in [-0.39, 0.29) is 11.5 Å². The van der Waals surface area contributed by atoms with Crippen molar-refractivity contribution >= 4 is 33.0 Å². The van der Waals surface area contributed by atoms with E-state index in [0.29, 0.717) is 17.0 Å². The standard InChI is InChI=1S/C13H19N3O4S2/c1-3-4-10-14-8(2)11(21-10)13(18)16-15-12(17)9-5-6-22(19,20)7-9/h9H,3-7H2,1-2H3,(H,15,17)(H,16,18)/t9-/m1/s1. The van der Waals surface area contributed by atoms with Crippen LogP contribution in [0.25, 0.3) is 0 Å². The van der Waals surface area contributed by atoms with Crippen molar-refractivity contribution < 1.29 is 18.0 Å². The first kappa shape index (κ1) is 16.9. The van der Waals surface area contributed by atoms with Crippen LogP contribution in [0.15, 0.2) is 0 Å². The molecule has 0 aromatic carbocycles. The molecule has 7 nitrogen and oxygen atoms in total. The SMILES string of the molecule is CCCc1nc(C)c(C(=O)NNC(=O)[C@@H]2CCS(=O)(=O)C2)s1. The van der Waals surface area contributed by atoms with Gasteiger partial charge in [0.15, 0.2) is 9.84 Å². The Morgan fingerprint density at radius 3 is 2.68 bits per heavy atom. The van der Waals surface area contributed by atoms with Crippen LogP contribution in [0.3, 0.4) is 0 Å². The lowest BCUT2D eigenvalue weighted by molar-refractivity contribution is -0.125. The summed E-state index contributed by atoms with van der Waals surface area (Å²) in [6.45, 7) is 3.78. The maximum absolute atomic E-state index is 12.1. The molecule has 9 heteroatoms. The monoisotopic (exact) mass is 345 g/mol. The summed E-state index contributed by atoms with van der Waals surface area (Å²) in [6.07, 6.45) is 2.05. The van der Waals surface area contributed by atoms with Crippen molar-refractivity contribution in [3.05, 3.63) is 15.6 Å². The zero-order valence-corrected chi connectivity index (χ0v) is 14.1. The molecule has 0 radical (unpaired) electrons. The number of carbonyl (C=O) groups excluding carboxylic acids is 2. The van der Waals surface area contributed by atoms with Gasteiger partial charge in [0.05, 0.1) is 28.1 Å². The van der Waals surface area contributed by atoms with Crippen LogP contribution in [0.4, 0.5) is 0 Å². The summed E-state index contributed by atoms with van der Waals surface area (Å²) in [4.78, 5) is 28.7. The average Bonchev–Trinajstić information content (AvgIpc) is 2.99. The number of hydrogen-bond donors (Lipinski definition) is 2. The molecule has 122 valence electrons. The van der Waals surface area contributed by atoms with E-state index in [9.17, 15) is 18.0 Å². The Hall–Kier alpha value is -1.48. The molecule has 2 heterocycles. The molecule has 2 N–H and O–H groups in total. The first-order valence-electron chi connectivity index (χ1n) is 7.09. The predicted octanol–water partition coefficient (Wildman–Crippen LogP) is 0.600. The fourth-order valence-corrected chi connectivity index (χ4v) is 5.07. The average molecular weight is 345 g/mol. The minimum Gasteiger partial charge on any atom is -0.273 e. The molecule has 1 aromatic heterocycles. The van der Waals surface area contributed by atoms with E-state index < -0.39 is 27.6 Å². The van der Waals surface area contributed by atoms with E-state index in [1.165, 1.54) is 11.3 Å². The molecule has 0 spiro atoms. The Balaban J connectivity index is 1.91. The number of rotatable bonds is 4. The number of nitrogens with zero attached hydrogens (tertiary/aromatic N) is 1. The summed E-state index contributed by atoms with van der Waals surface area (Å²) in [5.41, 5.74) is 5.27. The molecule has 1 saturated heterocycles. The van der Waals surface area contributed by atoms with E-state index in [1.54, 1.807) is 6.92 Å². The molecule has 0 bridgehead atoms. The van der Waals surface area contributed by atoms with Gasteiger partial charge >= 0.3 is 0 Å². The smallest absolute Gasteiger partial charge is 0.273 e. The quantitative estimate of drug-likeness (QED) is 0.778. The maximum Gasteiger partial charge on any atom is 0.281 e. The predicted molar refractivity (Wildman–Crippen MR) is 83.2 cm³/mol. The van der Waals surface area contributed by atoms with Gasteiger partial charge in [-0.05, 0) is 26.2 Å². The van der Waals surface area contributed by atoms with E-state index in [4.69, 9.17) is 0 Å². The molecular weight excluding hydrogens is 326 g/mol. The van der Waals surface area contributed by atoms with Crippen molar-refractivity contribution in [2.24, 2.45) is 5.92 Å². The van der Waals surface area contributed by atoms with Gasteiger partial charge < -0.3 is 0 Å². The summed E-state index contributed by atoms with van der Waals surface area (Å²) in [7, 11) is -3.12. The van der Waals surface area contributed by atoms with Crippen LogP contribution in [-0.4, -0.2) is 36.7 Å². The molecule has 2 rings (SSSR count). The molecule has 0 unspecified atom stereocenters.